The maximum atomic E-state index is 15.5. The number of piperidine rings is 1. The molecule has 9 nitrogen and oxygen atoms in total. The van der Waals surface area contributed by atoms with Crippen molar-refractivity contribution in [1.29, 1.82) is 0 Å². The number of aromatic hydroxyl groups is 1. The average molecular weight is 835 g/mol. The van der Waals surface area contributed by atoms with Gasteiger partial charge >= 0.3 is 0 Å². The number of hydrogen-bond acceptors (Lipinski definition) is 7. The maximum Gasteiger partial charge on any atom is 0.246 e. The molecule has 0 radical (unpaired) electrons. The van der Waals surface area contributed by atoms with E-state index in [0.29, 0.717) is 45.6 Å². The van der Waals surface area contributed by atoms with Crippen LogP contribution in [0.1, 0.15) is 48.3 Å². The van der Waals surface area contributed by atoms with Gasteiger partial charge in [-0.15, -0.1) is 0 Å². The van der Waals surface area contributed by atoms with Gasteiger partial charge in [-0.25, -0.2) is 4.90 Å². The van der Waals surface area contributed by atoms with Gasteiger partial charge in [0.15, 0.2) is 11.5 Å². The van der Waals surface area contributed by atoms with E-state index in [1.807, 2.05) is 48.5 Å². The summed E-state index contributed by atoms with van der Waals surface area (Å²) < 4.78 is 6.00. The molecule has 1 saturated carbocycles. The molecule has 3 aliphatic heterocycles. The van der Waals surface area contributed by atoms with Crippen molar-refractivity contribution in [3.05, 3.63) is 135 Å². The molecule has 0 spiro atoms. The second-order valence-electron chi connectivity index (χ2n) is 15.7. The van der Waals surface area contributed by atoms with Crippen molar-refractivity contribution in [2.24, 2.45) is 23.7 Å². The second kappa shape index (κ2) is 14.3. The predicted molar refractivity (Wildman–Crippen MR) is 215 cm³/mol. The number of carbonyl (C=O) groups is 4. The van der Waals surface area contributed by atoms with Gasteiger partial charge < -0.3 is 9.84 Å². The van der Waals surface area contributed by atoms with Crippen LogP contribution in [0.15, 0.2) is 113 Å². The number of nitrogens with zero attached hydrogens (tertiary/aromatic N) is 3. The lowest BCUT2D eigenvalue weighted by molar-refractivity contribution is -0.144. The Hall–Kier alpha value is -4.77. The van der Waals surface area contributed by atoms with E-state index in [1.54, 1.807) is 41.3 Å². The van der Waals surface area contributed by atoms with Gasteiger partial charge in [-0.3, -0.25) is 29.0 Å². The fourth-order valence-corrected chi connectivity index (χ4v) is 11.2. The quantitative estimate of drug-likeness (QED) is 0.151. The van der Waals surface area contributed by atoms with Crippen LogP contribution in [0.4, 0.5) is 5.69 Å². The van der Waals surface area contributed by atoms with Crippen LogP contribution < -0.4 is 9.64 Å². The largest absolute Gasteiger partial charge is 0.503 e. The van der Waals surface area contributed by atoms with Gasteiger partial charge in [-0.2, -0.15) is 0 Å². The van der Waals surface area contributed by atoms with E-state index in [2.05, 4.69) is 39.0 Å². The Balaban J connectivity index is 1.14. The number of phenols is 1. The van der Waals surface area contributed by atoms with E-state index in [9.17, 15) is 14.7 Å². The van der Waals surface area contributed by atoms with Crippen LogP contribution in [0, 0.1) is 23.7 Å². The Morgan fingerprint density at radius 2 is 1.57 bits per heavy atom. The molecule has 3 saturated heterocycles. The molecule has 4 aromatic carbocycles. The van der Waals surface area contributed by atoms with Crippen molar-refractivity contribution in [1.82, 2.24) is 9.80 Å². The number of imide groups is 2. The Bertz CT molecular complexity index is 2280. The first-order valence-electron chi connectivity index (χ1n) is 19.2. The molecule has 0 aromatic heterocycles. The van der Waals surface area contributed by atoms with Crippen LogP contribution in [-0.2, 0) is 31.1 Å². The number of halogens is 2. The van der Waals surface area contributed by atoms with Gasteiger partial charge in [0, 0.05) is 36.6 Å². The van der Waals surface area contributed by atoms with Crippen molar-refractivity contribution in [2.75, 3.05) is 25.1 Å². The van der Waals surface area contributed by atoms with Crippen LogP contribution >= 0.6 is 27.5 Å². The van der Waals surface area contributed by atoms with Crippen molar-refractivity contribution >= 4 is 56.8 Å². The van der Waals surface area contributed by atoms with Gasteiger partial charge in [0.25, 0.3) is 0 Å². The van der Waals surface area contributed by atoms with Gasteiger partial charge in [0.2, 0.25) is 23.6 Å². The minimum Gasteiger partial charge on any atom is -0.503 e. The fourth-order valence-electron chi connectivity index (χ4n) is 10.6. The van der Waals surface area contributed by atoms with Gasteiger partial charge in [0.1, 0.15) is 0 Å². The number of phenolic OH excluding ortho intramolecular Hbond substituents is 1. The predicted octanol–water partition coefficient (Wildman–Crippen LogP) is 7.64. The van der Waals surface area contributed by atoms with Crippen molar-refractivity contribution in [2.45, 2.75) is 49.6 Å². The number of ether oxygens (including phenoxy) is 1. The van der Waals surface area contributed by atoms with Crippen molar-refractivity contribution in [3.63, 3.8) is 0 Å². The summed E-state index contributed by atoms with van der Waals surface area (Å²) in [6, 6.07) is 29.7. The van der Waals surface area contributed by atoms with Crippen molar-refractivity contribution < 1.29 is 29.0 Å². The third-order valence-corrected chi connectivity index (χ3v) is 13.8. The van der Waals surface area contributed by atoms with E-state index in [0.717, 1.165) is 25.2 Å². The number of fused-ring (bicyclic) bond motifs is 4. The summed E-state index contributed by atoms with van der Waals surface area (Å²) in [6.07, 6.45) is 3.99. The highest BCUT2D eigenvalue weighted by molar-refractivity contribution is 9.10. The third kappa shape index (κ3) is 5.66. The third-order valence-electron chi connectivity index (χ3n) is 13.0. The molecule has 4 amide bonds. The van der Waals surface area contributed by atoms with E-state index in [1.165, 1.54) is 17.6 Å². The summed E-state index contributed by atoms with van der Waals surface area (Å²) in [5.74, 6) is -4.35. The molecular weight excluding hydrogens is 794 g/mol. The molecule has 9 rings (SSSR count). The molecular formula is C45H41BrClN3O6. The molecule has 2 aliphatic carbocycles. The zero-order valence-electron chi connectivity index (χ0n) is 30.8. The summed E-state index contributed by atoms with van der Waals surface area (Å²) in [6.45, 7) is 2.37. The average Bonchev–Trinajstić information content (AvgIpc) is 3.60. The number of allylic oxidation sites excluding steroid dienone is 2. The standard InChI is InChI=1S/C45H41BrClN3O6/c1-56-37-22-27(21-36(46)40(37)51)39-32-15-16-33-38(43(54)49(41(33)52)30-17-19-48(20-18-30)25-26-9-4-2-5-10-26)34(32)24-35-42(53)50(31-14-8-13-29(47)23-31)44(55)45(35,39)28-11-6-3-7-12-28/h2-15,21-23,30,33-35,38-39,51H,16-20,24-25H2,1H3/t33-,34+,35-,38-,39-,45+/m0/s1. The van der Waals surface area contributed by atoms with E-state index >= 15 is 9.59 Å². The molecule has 1 N–H and O–H groups in total. The molecule has 0 bridgehead atoms. The number of rotatable bonds is 7. The number of carbonyl (C=O) groups excluding carboxylic acids is 4. The Kier molecular flexibility index (Phi) is 9.42. The van der Waals surface area contributed by atoms with Crippen molar-refractivity contribution in [3.8, 4) is 11.5 Å². The van der Waals surface area contributed by atoms with Crippen LogP contribution in [0.5, 0.6) is 11.5 Å². The Morgan fingerprint density at radius 1 is 0.857 bits per heavy atom. The molecule has 4 aromatic rings. The Morgan fingerprint density at radius 3 is 2.27 bits per heavy atom. The summed E-state index contributed by atoms with van der Waals surface area (Å²) >= 11 is 9.97. The lowest BCUT2D eigenvalue weighted by atomic mass is 9.49. The maximum absolute atomic E-state index is 15.5. The molecule has 6 atom stereocenters. The van der Waals surface area contributed by atoms with Gasteiger partial charge in [-0.1, -0.05) is 90.0 Å². The van der Waals surface area contributed by atoms with Gasteiger partial charge in [0.05, 0.1) is 40.4 Å². The SMILES string of the molecule is COc1cc([C@H]2C3=CC[C@@H]4C(=O)N(C5CCN(Cc6ccccc6)CC5)C(=O)[C@@H]4[C@@H]3C[C@H]3C(=O)N(c4cccc(Cl)c4)C(=O)[C@@]23c2ccccc2)cc(Br)c1O. The Labute approximate surface area is 339 Å². The monoisotopic (exact) mass is 833 g/mol. The first kappa shape index (κ1) is 36.8. The zero-order chi connectivity index (χ0) is 38.9. The number of methoxy groups -OCH3 is 1. The normalized spacial score (nSPS) is 27.9. The number of anilines is 1. The van der Waals surface area contributed by atoms with E-state index in [-0.39, 0.29) is 41.7 Å². The topological polar surface area (TPSA) is 107 Å². The minimum absolute atomic E-state index is 0.0944. The van der Waals surface area contributed by atoms with Crippen LogP contribution in [0.2, 0.25) is 5.02 Å². The number of likely N-dealkylation sites (tertiary alicyclic amines) is 2. The summed E-state index contributed by atoms with van der Waals surface area (Å²) in [4.78, 5) is 65.0. The van der Waals surface area contributed by atoms with E-state index in [4.69, 9.17) is 16.3 Å². The number of hydrogen-bond donors (Lipinski definition) is 1. The smallest absolute Gasteiger partial charge is 0.246 e. The number of benzene rings is 4. The lowest BCUT2D eigenvalue weighted by Crippen LogP contribution is -2.53. The first-order chi connectivity index (χ1) is 27.1. The minimum atomic E-state index is -1.44. The summed E-state index contributed by atoms with van der Waals surface area (Å²) in [5, 5.41) is 11.3. The van der Waals surface area contributed by atoms with Gasteiger partial charge in [-0.05, 0) is 94.6 Å². The van der Waals surface area contributed by atoms with Crippen LogP contribution in [0.25, 0.3) is 0 Å². The fraction of sp³-hybridized carbons (Fsp3) is 0.333. The molecule has 0 unspecified atom stereocenters. The van der Waals surface area contributed by atoms with Crippen LogP contribution in [0.3, 0.4) is 0 Å². The molecule has 3 heterocycles. The highest BCUT2D eigenvalue weighted by Crippen LogP contribution is 2.65. The highest BCUT2D eigenvalue weighted by Gasteiger charge is 2.70. The molecule has 4 fully saturated rings. The molecule has 56 heavy (non-hydrogen) atoms. The first-order valence-corrected chi connectivity index (χ1v) is 20.4. The summed E-state index contributed by atoms with van der Waals surface area (Å²) in [7, 11) is 1.46. The lowest BCUT2D eigenvalue weighted by Gasteiger charge is -2.50. The van der Waals surface area contributed by atoms with E-state index < -0.39 is 40.9 Å². The second-order valence-corrected chi connectivity index (χ2v) is 17.0. The molecule has 11 heteroatoms. The summed E-state index contributed by atoms with van der Waals surface area (Å²) in [5.41, 5.74) is 2.32. The zero-order valence-corrected chi connectivity index (χ0v) is 33.2. The van der Waals surface area contributed by atoms with Crippen LogP contribution in [-0.4, -0.2) is 64.8 Å². The highest BCUT2D eigenvalue weighted by atomic mass is 79.9. The number of amides is 4. The molecule has 286 valence electrons. The molecule has 5 aliphatic rings.